The van der Waals surface area contributed by atoms with Crippen LogP contribution in [-0.2, 0) is 18.8 Å². The van der Waals surface area contributed by atoms with Gasteiger partial charge in [-0.25, -0.2) is 19.1 Å². The molecule has 0 fully saturated rings. The Morgan fingerprint density at radius 2 is 1.71 bits per heavy atom. The van der Waals surface area contributed by atoms with E-state index in [0.29, 0.717) is 5.90 Å². The molecule has 7 heteroatoms. The maximum absolute atomic E-state index is 5.54. The van der Waals surface area contributed by atoms with Gasteiger partial charge in [-0.3, -0.25) is 0 Å². The molecule has 1 aromatic heterocycles. The van der Waals surface area contributed by atoms with Gasteiger partial charge in [0.25, 0.3) is 0 Å². The third-order valence-corrected chi connectivity index (χ3v) is 6.58. The molecule has 0 aliphatic heterocycles. The van der Waals surface area contributed by atoms with Crippen LogP contribution in [0.5, 0.6) is 0 Å². The fraction of sp³-hybridized carbons (Fsp3) is 0.321. The van der Waals surface area contributed by atoms with Gasteiger partial charge in [-0.05, 0) is 49.2 Å². The van der Waals surface area contributed by atoms with Crippen molar-refractivity contribution in [3.05, 3.63) is 79.0 Å². The van der Waals surface area contributed by atoms with Crippen LogP contribution in [0.3, 0.4) is 0 Å². The molecule has 3 aromatic rings. The molecular formula is C28H36N5OS+. The van der Waals surface area contributed by atoms with E-state index >= 15 is 0 Å². The number of aliphatic imine (C=N–C) groups is 2. The highest BCUT2D eigenvalue weighted by atomic mass is 32.2. The van der Waals surface area contributed by atoms with Crippen LogP contribution in [0.25, 0.3) is 0 Å². The van der Waals surface area contributed by atoms with E-state index in [4.69, 9.17) is 14.7 Å². The number of hydrogen-bond acceptors (Lipinski definition) is 5. The number of nitrogens with zero attached hydrogens (tertiary/aromatic N) is 5. The van der Waals surface area contributed by atoms with Gasteiger partial charge in [-0.15, -0.1) is 0 Å². The van der Waals surface area contributed by atoms with Crippen LogP contribution >= 0.6 is 11.8 Å². The Hall–Kier alpha value is -3.32. The molecule has 35 heavy (non-hydrogen) atoms. The Labute approximate surface area is 213 Å². The predicted octanol–water partition coefficient (Wildman–Crippen LogP) is 6.06. The van der Waals surface area contributed by atoms with Crippen molar-refractivity contribution in [3.8, 4) is 0 Å². The van der Waals surface area contributed by atoms with E-state index < -0.39 is 0 Å². The number of rotatable bonds is 10. The van der Waals surface area contributed by atoms with Gasteiger partial charge in [0.15, 0.2) is 0 Å². The van der Waals surface area contributed by atoms with Gasteiger partial charge in [0.1, 0.15) is 18.1 Å². The second kappa shape index (κ2) is 12.4. The van der Waals surface area contributed by atoms with Gasteiger partial charge < -0.3 is 9.64 Å². The Morgan fingerprint density at radius 1 is 1.09 bits per heavy atom. The first-order valence-corrected chi connectivity index (χ1v) is 12.7. The summed E-state index contributed by atoms with van der Waals surface area (Å²) in [7, 11) is 7.74. The maximum atomic E-state index is 5.54. The van der Waals surface area contributed by atoms with Crippen molar-refractivity contribution in [1.82, 2.24) is 9.47 Å². The molecule has 0 radical (unpaired) electrons. The van der Waals surface area contributed by atoms with Gasteiger partial charge in [-0.1, -0.05) is 44.3 Å². The number of likely N-dealkylation sites (N-methyl/N-ethyl adjacent to an activating group) is 1. The summed E-state index contributed by atoms with van der Waals surface area (Å²) in [5.41, 5.74) is 3.60. The topological polar surface area (TPSA) is 46.0 Å². The first kappa shape index (κ1) is 26.3. The molecule has 3 rings (SSSR count). The van der Waals surface area contributed by atoms with Crippen LogP contribution in [-0.4, -0.2) is 41.8 Å². The molecule has 0 spiro atoms. The molecule has 0 bridgehead atoms. The highest BCUT2D eigenvalue weighted by Gasteiger charge is 2.17. The summed E-state index contributed by atoms with van der Waals surface area (Å²) < 4.78 is 9.75. The molecule has 0 amide bonds. The van der Waals surface area contributed by atoms with E-state index in [9.17, 15) is 0 Å². The normalized spacial score (nSPS) is 12.1. The molecule has 0 aliphatic carbocycles. The number of hydrogen-bond donors (Lipinski definition) is 0. The van der Waals surface area contributed by atoms with Crippen LogP contribution in [0.2, 0.25) is 0 Å². The van der Waals surface area contributed by atoms with Crippen LogP contribution in [0.4, 0.5) is 11.4 Å². The minimum Gasteiger partial charge on any atom is -0.480 e. The number of benzene rings is 2. The minimum absolute atomic E-state index is 0.528. The van der Waals surface area contributed by atoms with E-state index in [1.54, 1.807) is 18.9 Å². The summed E-state index contributed by atoms with van der Waals surface area (Å²) in [6, 6.07) is 16.5. The lowest BCUT2D eigenvalue weighted by atomic mass is 10.2. The summed E-state index contributed by atoms with van der Waals surface area (Å²) in [5.74, 6) is 1.64. The summed E-state index contributed by atoms with van der Waals surface area (Å²) >= 11 is 1.69. The Morgan fingerprint density at radius 3 is 2.23 bits per heavy atom. The van der Waals surface area contributed by atoms with Crippen molar-refractivity contribution >= 4 is 34.7 Å². The van der Waals surface area contributed by atoms with Crippen LogP contribution in [0.15, 0.2) is 93.0 Å². The van der Waals surface area contributed by atoms with Gasteiger partial charge in [0, 0.05) is 23.4 Å². The van der Waals surface area contributed by atoms with Crippen molar-refractivity contribution in [3.63, 3.8) is 0 Å². The number of aromatic nitrogens is 2. The zero-order valence-electron chi connectivity index (χ0n) is 21.7. The standard InChI is InChI=1S/C28H36N5OS/c1-8-16-31(4)21(3)27(34-7)30-23-13-11-15-25(20-23)35-24-14-10-12-22(19-24)29-26(9-2)28-32(5)17-18-33(28)6/h10-15,17-20H,3,8-9,16H2,1-2,4-7H3/q+1/b29-26+,30-27-. The van der Waals surface area contributed by atoms with Crippen molar-refractivity contribution < 1.29 is 9.30 Å². The average molecular weight is 491 g/mol. The minimum atomic E-state index is 0.528. The summed E-state index contributed by atoms with van der Waals surface area (Å²) in [5, 5.41) is 0. The second-order valence-corrected chi connectivity index (χ2v) is 9.49. The first-order chi connectivity index (χ1) is 16.9. The number of methoxy groups -OCH3 is 1. The maximum Gasteiger partial charge on any atom is 0.303 e. The molecule has 1 heterocycles. The number of ether oxygens (including phenoxy) is 1. The van der Waals surface area contributed by atoms with Crippen LogP contribution in [0, 0.1) is 0 Å². The van der Waals surface area contributed by atoms with E-state index in [1.165, 1.54) is 0 Å². The van der Waals surface area contributed by atoms with E-state index in [1.807, 2.05) is 25.2 Å². The SMILES string of the molecule is C=C(/C(=N/c1cccc(Sc2cccc(/N=C(\CC)c3n(C)cc[n+]3C)c2)c1)OC)N(C)CCC. The average Bonchev–Trinajstić information content (AvgIpc) is 3.19. The van der Waals surface area contributed by atoms with Crippen LogP contribution < -0.4 is 4.57 Å². The van der Waals surface area contributed by atoms with Crippen molar-refractivity contribution in [2.75, 3.05) is 20.7 Å². The largest absolute Gasteiger partial charge is 0.480 e. The smallest absolute Gasteiger partial charge is 0.303 e. The van der Waals surface area contributed by atoms with Gasteiger partial charge >= 0.3 is 5.82 Å². The monoisotopic (exact) mass is 490 g/mol. The number of aryl methyl sites for hydroxylation is 2. The highest BCUT2D eigenvalue weighted by Crippen LogP contribution is 2.32. The molecule has 184 valence electrons. The zero-order chi connectivity index (χ0) is 25.4. The molecular weight excluding hydrogens is 454 g/mol. The quantitative estimate of drug-likeness (QED) is 0.197. The summed E-state index contributed by atoms with van der Waals surface area (Å²) in [6.07, 6.45) is 5.98. The predicted molar refractivity (Wildman–Crippen MR) is 146 cm³/mol. The van der Waals surface area contributed by atoms with Crippen molar-refractivity contribution in [1.29, 1.82) is 0 Å². The van der Waals surface area contributed by atoms with Crippen molar-refractivity contribution in [2.45, 2.75) is 36.5 Å². The summed E-state index contributed by atoms with van der Waals surface area (Å²) in [6.45, 7) is 9.33. The Bertz CT molecular complexity index is 1210. The molecule has 2 aromatic carbocycles. The third kappa shape index (κ3) is 6.85. The van der Waals surface area contributed by atoms with E-state index in [2.05, 4.69) is 91.3 Å². The molecule has 0 saturated heterocycles. The zero-order valence-corrected chi connectivity index (χ0v) is 22.5. The number of imidazole rings is 1. The Kier molecular flexibility index (Phi) is 9.32. The van der Waals surface area contributed by atoms with Gasteiger partial charge in [0.05, 0.1) is 38.3 Å². The molecule has 0 atom stereocenters. The first-order valence-electron chi connectivity index (χ1n) is 11.9. The molecule has 0 N–H and O–H groups in total. The van der Waals surface area contributed by atoms with Crippen LogP contribution in [0.1, 0.15) is 32.5 Å². The molecule has 0 aliphatic rings. The van der Waals surface area contributed by atoms with Crippen molar-refractivity contribution in [2.24, 2.45) is 24.1 Å². The second-order valence-electron chi connectivity index (χ2n) is 8.34. The van der Waals surface area contributed by atoms with E-state index in [0.717, 1.165) is 57.8 Å². The third-order valence-electron chi connectivity index (χ3n) is 5.60. The lowest BCUT2D eigenvalue weighted by Gasteiger charge is -2.21. The molecule has 6 nitrogen and oxygen atoms in total. The Balaban J connectivity index is 1.83. The van der Waals surface area contributed by atoms with Gasteiger partial charge in [-0.2, -0.15) is 0 Å². The fourth-order valence-corrected chi connectivity index (χ4v) is 4.71. The highest BCUT2D eigenvalue weighted by molar-refractivity contribution is 7.99. The molecule has 0 unspecified atom stereocenters. The summed E-state index contributed by atoms with van der Waals surface area (Å²) in [4.78, 5) is 14.0. The fourth-order valence-electron chi connectivity index (χ4n) is 3.79. The lowest BCUT2D eigenvalue weighted by molar-refractivity contribution is -0.672. The van der Waals surface area contributed by atoms with E-state index in [-0.39, 0.29) is 0 Å². The van der Waals surface area contributed by atoms with Gasteiger partial charge in [0.2, 0.25) is 5.90 Å². The lowest BCUT2D eigenvalue weighted by Crippen LogP contribution is -2.35. The molecule has 0 saturated carbocycles.